The van der Waals surface area contributed by atoms with Crippen LogP contribution < -0.4 is 0 Å². The van der Waals surface area contributed by atoms with Crippen molar-refractivity contribution < 1.29 is 14.7 Å². The Labute approximate surface area is 141 Å². The van der Waals surface area contributed by atoms with Crippen LogP contribution in [0.1, 0.15) is 17.4 Å². The van der Waals surface area contributed by atoms with Crippen LogP contribution >= 0.6 is 15.9 Å². The van der Waals surface area contributed by atoms with Gasteiger partial charge in [-0.2, -0.15) is 5.10 Å². The van der Waals surface area contributed by atoms with E-state index in [1.165, 1.54) is 0 Å². The number of carbonyl (C=O) groups is 2. The minimum absolute atomic E-state index is 0.0522. The number of likely N-dealkylation sites (tertiary alicyclic amines) is 1. The number of carboxylic acid groups (broad SMARTS) is 1. The summed E-state index contributed by atoms with van der Waals surface area (Å²) in [5.74, 6) is -1.64. The predicted octanol–water partition coefficient (Wildman–Crippen LogP) is 2.43. The van der Waals surface area contributed by atoms with Crippen LogP contribution in [-0.2, 0) is 4.79 Å². The molecule has 1 amide bonds. The summed E-state index contributed by atoms with van der Waals surface area (Å²) in [6.45, 7) is 2.53. The summed E-state index contributed by atoms with van der Waals surface area (Å²) in [6, 6.07) is 9.25. The number of halogens is 1. The number of carboxylic acids is 1. The van der Waals surface area contributed by atoms with E-state index in [0.717, 1.165) is 10.2 Å². The van der Waals surface area contributed by atoms with Crippen LogP contribution in [-0.4, -0.2) is 44.8 Å². The zero-order valence-corrected chi connectivity index (χ0v) is 14.1. The van der Waals surface area contributed by atoms with E-state index < -0.39 is 11.9 Å². The number of hydrogen-bond acceptors (Lipinski definition) is 3. The van der Waals surface area contributed by atoms with Gasteiger partial charge in [-0.3, -0.25) is 9.59 Å². The molecule has 0 radical (unpaired) electrons. The summed E-state index contributed by atoms with van der Waals surface area (Å²) in [5.41, 5.74) is 1.17. The molecule has 1 aliphatic rings. The van der Waals surface area contributed by atoms with Crippen molar-refractivity contribution in [3.05, 3.63) is 46.7 Å². The fourth-order valence-corrected chi connectivity index (χ4v) is 3.20. The third-order valence-electron chi connectivity index (χ3n) is 4.10. The van der Waals surface area contributed by atoms with E-state index in [-0.39, 0.29) is 18.4 Å². The van der Waals surface area contributed by atoms with Crippen LogP contribution in [0.5, 0.6) is 0 Å². The summed E-state index contributed by atoms with van der Waals surface area (Å²) in [6.07, 6.45) is 1.73. The Kier molecular flexibility index (Phi) is 4.21. The number of aromatic nitrogens is 2. The third-order valence-corrected chi connectivity index (χ3v) is 4.59. The molecule has 0 spiro atoms. The first-order valence-electron chi connectivity index (χ1n) is 7.29. The summed E-state index contributed by atoms with van der Waals surface area (Å²) in [7, 11) is 0. The zero-order valence-electron chi connectivity index (χ0n) is 12.5. The average molecular weight is 378 g/mol. The van der Waals surface area contributed by atoms with Crippen molar-refractivity contribution in [1.29, 1.82) is 0 Å². The standard InChI is InChI=1S/C16H16BrN3O3/c1-10-8-19(9-13(10)16(22)23)15(21)14-5-6-20(18-14)12-4-2-3-11(17)7-12/h2-7,10,13H,8-9H2,1H3,(H,22,23)/t10-,13-/m1/s1. The number of aliphatic carboxylic acids is 1. The molecule has 1 aromatic carbocycles. The lowest BCUT2D eigenvalue weighted by Crippen LogP contribution is -2.30. The van der Waals surface area contributed by atoms with Crippen LogP contribution in [0.15, 0.2) is 41.0 Å². The highest BCUT2D eigenvalue weighted by Crippen LogP contribution is 2.24. The normalized spacial score (nSPS) is 20.7. The van der Waals surface area contributed by atoms with Gasteiger partial charge in [0.25, 0.3) is 5.91 Å². The summed E-state index contributed by atoms with van der Waals surface area (Å²) in [4.78, 5) is 25.3. The molecule has 1 aromatic heterocycles. The van der Waals surface area contributed by atoms with E-state index in [0.29, 0.717) is 12.2 Å². The van der Waals surface area contributed by atoms with Crippen LogP contribution in [0, 0.1) is 11.8 Å². The molecule has 0 saturated carbocycles. The Morgan fingerprint density at radius 3 is 2.74 bits per heavy atom. The van der Waals surface area contributed by atoms with E-state index in [2.05, 4.69) is 21.0 Å². The maximum absolute atomic E-state index is 12.5. The third kappa shape index (κ3) is 3.14. The Morgan fingerprint density at radius 1 is 1.30 bits per heavy atom. The molecular formula is C16H16BrN3O3. The molecule has 1 fully saturated rings. The Bertz CT molecular complexity index is 759. The maximum Gasteiger partial charge on any atom is 0.308 e. The van der Waals surface area contributed by atoms with Gasteiger partial charge in [0.15, 0.2) is 5.69 Å². The van der Waals surface area contributed by atoms with Gasteiger partial charge < -0.3 is 10.0 Å². The van der Waals surface area contributed by atoms with Gasteiger partial charge in [-0.15, -0.1) is 0 Å². The minimum atomic E-state index is -0.854. The van der Waals surface area contributed by atoms with Crippen LogP contribution in [0.2, 0.25) is 0 Å². The molecule has 0 unspecified atom stereocenters. The molecule has 1 saturated heterocycles. The molecule has 1 aliphatic heterocycles. The largest absolute Gasteiger partial charge is 0.481 e. The highest BCUT2D eigenvalue weighted by molar-refractivity contribution is 9.10. The molecular weight excluding hydrogens is 362 g/mol. The molecule has 120 valence electrons. The SMILES string of the molecule is C[C@@H]1CN(C(=O)c2ccn(-c3cccc(Br)c3)n2)C[C@H]1C(=O)O. The fourth-order valence-electron chi connectivity index (χ4n) is 2.82. The van der Waals surface area contributed by atoms with Crippen LogP contribution in [0.25, 0.3) is 5.69 Å². The van der Waals surface area contributed by atoms with Crippen LogP contribution in [0.3, 0.4) is 0 Å². The van der Waals surface area contributed by atoms with Crippen molar-refractivity contribution in [2.45, 2.75) is 6.92 Å². The highest BCUT2D eigenvalue weighted by atomic mass is 79.9. The molecule has 0 bridgehead atoms. The number of rotatable bonds is 3. The van der Waals surface area contributed by atoms with E-state index in [4.69, 9.17) is 0 Å². The lowest BCUT2D eigenvalue weighted by atomic mass is 9.99. The van der Waals surface area contributed by atoms with Gasteiger partial charge >= 0.3 is 5.97 Å². The maximum atomic E-state index is 12.5. The highest BCUT2D eigenvalue weighted by Gasteiger charge is 2.37. The number of nitrogens with zero attached hydrogens (tertiary/aromatic N) is 3. The summed E-state index contributed by atoms with van der Waals surface area (Å²) < 4.78 is 2.56. The number of hydrogen-bond donors (Lipinski definition) is 1. The van der Waals surface area contributed by atoms with E-state index in [9.17, 15) is 14.7 Å². The zero-order chi connectivity index (χ0) is 16.6. The second-order valence-corrected chi connectivity index (χ2v) is 6.67. The van der Waals surface area contributed by atoms with Crippen molar-refractivity contribution in [1.82, 2.24) is 14.7 Å². The first-order chi connectivity index (χ1) is 11.0. The molecule has 2 heterocycles. The van der Waals surface area contributed by atoms with Gasteiger partial charge in [0.1, 0.15) is 0 Å². The quantitative estimate of drug-likeness (QED) is 0.890. The topological polar surface area (TPSA) is 75.4 Å². The van der Waals surface area contributed by atoms with Gasteiger partial charge in [-0.05, 0) is 30.2 Å². The average Bonchev–Trinajstić information content (AvgIpc) is 3.13. The van der Waals surface area contributed by atoms with Crippen molar-refractivity contribution >= 4 is 27.8 Å². The second kappa shape index (κ2) is 6.16. The Hall–Kier alpha value is -2.15. The van der Waals surface area contributed by atoms with Gasteiger partial charge in [0.05, 0.1) is 11.6 Å². The van der Waals surface area contributed by atoms with E-state index >= 15 is 0 Å². The molecule has 1 N–H and O–H groups in total. The minimum Gasteiger partial charge on any atom is -0.481 e. The number of benzene rings is 1. The van der Waals surface area contributed by atoms with Crippen molar-refractivity contribution in [3.8, 4) is 5.69 Å². The first-order valence-corrected chi connectivity index (χ1v) is 8.08. The first kappa shape index (κ1) is 15.7. The summed E-state index contributed by atoms with van der Waals surface area (Å²) in [5, 5.41) is 13.5. The second-order valence-electron chi connectivity index (χ2n) is 5.76. The lowest BCUT2D eigenvalue weighted by Gasteiger charge is -2.14. The molecule has 0 aliphatic carbocycles. The van der Waals surface area contributed by atoms with Gasteiger partial charge in [0.2, 0.25) is 0 Å². The molecule has 23 heavy (non-hydrogen) atoms. The summed E-state index contributed by atoms with van der Waals surface area (Å²) >= 11 is 3.40. The van der Waals surface area contributed by atoms with E-state index in [1.807, 2.05) is 31.2 Å². The van der Waals surface area contributed by atoms with Crippen molar-refractivity contribution in [2.75, 3.05) is 13.1 Å². The van der Waals surface area contributed by atoms with Crippen LogP contribution in [0.4, 0.5) is 0 Å². The number of carbonyl (C=O) groups excluding carboxylic acids is 1. The number of amides is 1. The Balaban J connectivity index is 1.78. The van der Waals surface area contributed by atoms with Gasteiger partial charge in [-0.1, -0.05) is 28.9 Å². The predicted molar refractivity (Wildman–Crippen MR) is 87.5 cm³/mol. The lowest BCUT2D eigenvalue weighted by molar-refractivity contribution is -0.142. The molecule has 2 atom stereocenters. The smallest absolute Gasteiger partial charge is 0.308 e. The fraction of sp³-hybridized carbons (Fsp3) is 0.312. The van der Waals surface area contributed by atoms with Crippen molar-refractivity contribution in [3.63, 3.8) is 0 Å². The van der Waals surface area contributed by atoms with Gasteiger partial charge in [0, 0.05) is 23.8 Å². The van der Waals surface area contributed by atoms with Gasteiger partial charge in [-0.25, -0.2) is 4.68 Å². The molecule has 6 nitrogen and oxygen atoms in total. The molecule has 2 aromatic rings. The molecule has 7 heteroatoms. The monoisotopic (exact) mass is 377 g/mol. The molecule has 3 rings (SSSR count). The Morgan fingerprint density at radius 2 is 2.09 bits per heavy atom. The van der Waals surface area contributed by atoms with Crippen molar-refractivity contribution in [2.24, 2.45) is 11.8 Å². The van der Waals surface area contributed by atoms with E-state index in [1.54, 1.807) is 21.8 Å².